The molecule has 110 valence electrons. The van der Waals surface area contributed by atoms with E-state index in [0.29, 0.717) is 18.6 Å². The normalized spacial score (nSPS) is 10.8. The van der Waals surface area contributed by atoms with E-state index in [1.807, 2.05) is 0 Å². The summed E-state index contributed by atoms with van der Waals surface area (Å²) in [5.74, 6) is 4.45. The molecular formula is C13H17FN2O3S. The Kier molecular flexibility index (Phi) is 6.45. The zero-order chi connectivity index (χ0) is 15.0. The molecule has 0 amide bonds. The average molecular weight is 300 g/mol. The summed E-state index contributed by atoms with van der Waals surface area (Å²) < 4.78 is 44.1. The minimum Gasteiger partial charge on any atom is -0.385 e. The highest BCUT2D eigenvalue weighted by Gasteiger charge is 2.13. The lowest BCUT2D eigenvalue weighted by atomic mass is 10.2. The van der Waals surface area contributed by atoms with Gasteiger partial charge in [-0.3, -0.25) is 4.72 Å². The summed E-state index contributed by atoms with van der Waals surface area (Å²) in [5, 5.41) is 0. The molecule has 7 heteroatoms. The smallest absolute Gasteiger partial charge is 0.232 e. The molecule has 0 saturated heterocycles. The fraction of sp³-hybridized carbons (Fsp3) is 0.385. The highest BCUT2D eigenvalue weighted by molar-refractivity contribution is 7.92. The van der Waals surface area contributed by atoms with Crippen molar-refractivity contribution in [2.24, 2.45) is 5.73 Å². The molecule has 5 nitrogen and oxygen atoms in total. The number of ether oxygens (including phenoxy) is 1. The quantitative estimate of drug-likeness (QED) is 0.604. The van der Waals surface area contributed by atoms with Crippen molar-refractivity contribution in [3.63, 3.8) is 0 Å². The molecule has 0 atom stereocenters. The third kappa shape index (κ3) is 5.57. The first-order valence-corrected chi connectivity index (χ1v) is 7.61. The molecular weight excluding hydrogens is 283 g/mol. The van der Waals surface area contributed by atoms with Crippen molar-refractivity contribution in [3.8, 4) is 11.8 Å². The molecule has 0 spiro atoms. The Morgan fingerprint density at radius 1 is 1.45 bits per heavy atom. The highest BCUT2D eigenvalue weighted by Crippen LogP contribution is 2.17. The molecule has 1 rings (SSSR count). The number of sulfonamides is 1. The van der Waals surface area contributed by atoms with Gasteiger partial charge in [0.05, 0.1) is 18.0 Å². The Morgan fingerprint density at radius 2 is 2.20 bits per heavy atom. The van der Waals surface area contributed by atoms with Crippen molar-refractivity contribution in [2.45, 2.75) is 6.42 Å². The molecule has 20 heavy (non-hydrogen) atoms. The van der Waals surface area contributed by atoms with Crippen LogP contribution in [0.2, 0.25) is 0 Å². The van der Waals surface area contributed by atoms with Gasteiger partial charge in [0.15, 0.2) is 0 Å². The molecule has 1 aromatic rings. The predicted molar refractivity (Wildman–Crippen MR) is 76.2 cm³/mol. The average Bonchev–Trinajstić information content (AvgIpc) is 2.39. The van der Waals surface area contributed by atoms with E-state index < -0.39 is 15.8 Å². The Hall–Kier alpha value is -1.62. The van der Waals surface area contributed by atoms with Gasteiger partial charge in [-0.2, -0.15) is 0 Å². The largest absolute Gasteiger partial charge is 0.385 e. The van der Waals surface area contributed by atoms with E-state index >= 15 is 0 Å². The number of methoxy groups -OCH3 is 1. The third-order valence-corrected chi connectivity index (χ3v) is 3.69. The number of rotatable bonds is 6. The van der Waals surface area contributed by atoms with Crippen LogP contribution in [0.3, 0.4) is 0 Å². The molecule has 0 saturated carbocycles. The lowest BCUT2D eigenvalue weighted by molar-refractivity contribution is 0.199. The minimum atomic E-state index is -3.59. The van der Waals surface area contributed by atoms with Gasteiger partial charge in [0, 0.05) is 19.3 Å². The molecule has 0 bridgehead atoms. The van der Waals surface area contributed by atoms with Crippen LogP contribution in [-0.2, 0) is 14.8 Å². The summed E-state index contributed by atoms with van der Waals surface area (Å²) in [6.45, 7) is 0.506. The molecule has 0 radical (unpaired) electrons. The summed E-state index contributed by atoms with van der Waals surface area (Å²) in [4.78, 5) is 0. The van der Waals surface area contributed by atoms with Gasteiger partial charge in [0.2, 0.25) is 10.0 Å². The van der Waals surface area contributed by atoms with Crippen LogP contribution in [0.5, 0.6) is 0 Å². The Bertz CT molecular complexity index is 606. The lowest BCUT2D eigenvalue weighted by Gasteiger charge is -2.08. The van der Waals surface area contributed by atoms with Gasteiger partial charge in [-0.25, -0.2) is 12.8 Å². The van der Waals surface area contributed by atoms with Crippen LogP contribution in [-0.4, -0.2) is 34.4 Å². The van der Waals surface area contributed by atoms with Crippen molar-refractivity contribution in [1.82, 2.24) is 0 Å². The van der Waals surface area contributed by atoms with E-state index in [1.165, 1.54) is 19.2 Å². The van der Waals surface area contributed by atoms with Crippen molar-refractivity contribution in [3.05, 3.63) is 29.6 Å². The number of anilines is 1. The summed E-state index contributed by atoms with van der Waals surface area (Å²) >= 11 is 0. The SMILES string of the molecule is COCCCS(=O)(=O)Nc1ccc(C#CCN)cc1F. The van der Waals surface area contributed by atoms with Gasteiger partial charge in [-0.05, 0) is 24.6 Å². The molecule has 0 unspecified atom stereocenters. The summed E-state index contributed by atoms with van der Waals surface area (Å²) in [6, 6.07) is 4.03. The number of hydrogen-bond donors (Lipinski definition) is 2. The Labute approximate surface area is 118 Å². The molecule has 0 heterocycles. The second-order valence-corrected chi connectivity index (χ2v) is 5.81. The van der Waals surface area contributed by atoms with Crippen LogP contribution in [0.1, 0.15) is 12.0 Å². The highest BCUT2D eigenvalue weighted by atomic mass is 32.2. The lowest BCUT2D eigenvalue weighted by Crippen LogP contribution is -2.18. The number of hydrogen-bond acceptors (Lipinski definition) is 4. The second-order valence-electron chi connectivity index (χ2n) is 3.97. The van der Waals surface area contributed by atoms with E-state index in [2.05, 4.69) is 16.6 Å². The predicted octanol–water partition coefficient (Wildman–Crippen LogP) is 0.914. The maximum atomic E-state index is 13.7. The van der Waals surface area contributed by atoms with Gasteiger partial charge < -0.3 is 10.5 Å². The van der Waals surface area contributed by atoms with Crippen LogP contribution in [0.15, 0.2) is 18.2 Å². The van der Waals surface area contributed by atoms with Gasteiger partial charge in [0.25, 0.3) is 0 Å². The molecule has 0 aromatic heterocycles. The topological polar surface area (TPSA) is 81.4 Å². The number of benzene rings is 1. The number of nitrogens with one attached hydrogen (secondary N) is 1. The molecule has 3 N–H and O–H groups in total. The first-order valence-electron chi connectivity index (χ1n) is 5.96. The Balaban J connectivity index is 2.78. The van der Waals surface area contributed by atoms with Crippen LogP contribution < -0.4 is 10.5 Å². The van der Waals surface area contributed by atoms with Gasteiger partial charge in [0.1, 0.15) is 5.82 Å². The zero-order valence-corrected chi connectivity index (χ0v) is 12.0. The monoisotopic (exact) mass is 300 g/mol. The summed E-state index contributed by atoms with van der Waals surface area (Å²) in [6.07, 6.45) is 0.341. The van der Waals surface area contributed by atoms with Crippen LogP contribution in [0.25, 0.3) is 0 Å². The molecule has 0 aliphatic rings. The van der Waals surface area contributed by atoms with E-state index in [9.17, 15) is 12.8 Å². The van der Waals surface area contributed by atoms with Gasteiger partial charge in [-0.1, -0.05) is 11.8 Å². The van der Waals surface area contributed by atoms with Crippen molar-refractivity contribution in [1.29, 1.82) is 0 Å². The fourth-order valence-corrected chi connectivity index (χ4v) is 2.54. The fourth-order valence-electron chi connectivity index (χ4n) is 1.44. The second kappa shape index (κ2) is 7.85. The van der Waals surface area contributed by atoms with Gasteiger partial charge >= 0.3 is 0 Å². The van der Waals surface area contributed by atoms with Crippen LogP contribution in [0, 0.1) is 17.7 Å². The van der Waals surface area contributed by atoms with Crippen LogP contribution in [0.4, 0.5) is 10.1 Å². The van der Waals surface area contributed by atoms with E-state index in [0.717, 1.165) is 6.07 Å². The number of nitrogens with two attached hydrogens (primary N) is 1. The van der Waals surface area contributed by atoms with E-state index in [-0.39, 0.29) is 18.0 Å². The zero-order valence-electron chi connectivity index (χ0n) is 11.1. The van der Waals surface area contributed by atoms with Gasteiger partial charge in [-0.15, -0.1) is 0 Å². The first kappa shape index (κ1) is 16.4. The number of halogens is 1. The van der Waals surface area contributed by atoms with Crippen molar-refractivity contribution < 1.29 is 17.5 Å². The summed E-state index contributed by atoms with van der Waals surface area (Å²) in [5.41, 5.74) is 5.56. The van der Waals surface area contributed by atoms with E-state index in [4.69, 9.17) is 10.5 Å². The minimum absolute atomic E-state index is 0.0966. The molecule has 0 aliphatic heterocycles. The molecule has 0 aliphatic carbocycles. The third-order valence-electron chi connectivity index (χ3n) is 2.33. The molecule has 0 fully saturated rings. The van der Waals surface area contributed by atoms with Crippen LogP contribution >= 0.6 is 0 Å². The maximum Gasteiger partial charge on any atom is 0.232 e. The van der Waals surface area contributed by atoms with E-state index in [1.54, 1.807) is 0 Å². The molecule has 1 aromatic carbocycles. The maximum absolute atomic E-state index is 13.7. The standard InChI is InChI=1S/C13H17FN2O3S/c1-19-8-3-9-20(17,18)16-13-6-5-11(4-2-7-15)10-12(13)14/h5-6,10,16H,3,7-9,15H2,1H3. The first-order chi connectivity index (χ1) is 9.48. The van der Waals surface area contributed by atoms with Crippen molar-refractivity contribution in [2.75, 3.05) is 30.7 Å². The van der Waals surface area contributed by atoms with Crippen molar-refractivity contribution >= 4 is 15.7 Å². The Morgan fingerprint density at radius 3 is 2.80 bits per heavy atom. The summed E-state index contributed by atoms with van der Waals surface area (Å²) in [7, 11) is -2.10.